The van der Waals surface area contributed by atoms with Crippen molar-refractivity contribution in [2.24, 2.45) is 5.73 Å². The van der Waals surface area contributed by atoms with Crippen LogP contribution >= 0.6 is 0 Å². The van der Waals surface area contributed by atoms with Crippen LogP contribution in [0.3, 0.4) is 0 Å². The maximum absolute atomic E-state index is 13.3. The van der Waals surface area contributed by atoms with E-state index < -0.39 is 11.7 Å². The molecule has 0 bridgehead atoms. The number of nitrogens with two attached hydrogens (primary N) is 1. The molecule has 19 heavy (non-hydrogen) atoms. The molecular formula is C13H16FN3O2. The molecule has 4 N–H and O–H groups in total. The summed E-state index contributed by atoms with van der Waals surface area (Å²) in [5, 5.41) is 5.77. The lowest BCUT2D eigenvalue weighted by Crippen LogP contribution is -2.43. The van der Waals surface area contributed by atoms with E-state index in [4.69, 9.17) is 5.73 Å². The zero-order valence-corrected chi connectivity index (χ0v) is 10.4. The normalized spacial score (nSPS) is 18.9. The summed E-state index contributed by atoms with van der Waals surface area (Å²) < 4.78 is 13.3. The van der Waals surface area contributed by atoms with E-state index >= 15 is 0 Å². The first-order chi connectivity index (χ1) is 9.08. The van der Waals surface area contributed by atoms with Gasteiger partial charge >= 0.3 is 0 Å². The molecule has 1 aliphatic rings. The molecule has 2 rings (SSSR count). The molecule has 0 spiro atoms. The lowest BCUT2D eigenvalue weighted by atomic mass is 10.0. The van der Waals surface area contributed by atoms with E-state index in [1.165, 1.54) is 12.1 Å². The van der Waals surface area contributed by atoms with Gasteiger partial charge in [-0.1, -0.05) is 6.42 Å². The molecule has 0 aliphatic carbocycles. The van der Waals surface area contributed by atoms with Crippen molar-refractivity contribution in [2.75, 3.05) is 11.9 Å². The van der Waals surface area contributed by atoms with Crippen LogP contribution in [0.25, 0.3) is 0 Å². The van der Waals surface area contributed by atoms with E-state index in [0.717, 1.165) is 31.9 Å². The quantitative estimate of drug-likeness (QED) is 0.762. The standard InChI is InChI=1S/C13H16FN3O2/c14-10-5-4-8(7-9(10)12(15)18)17-13(19)11-3-1-2-6-16-11/h4-5,7,11,16H,1-3,6H2,(H2,15,18)(H,17,19)/t11-/m0/s1. The number of rotatable bonds is 3. The van der Waals surface area contributed by atoms with Crippen molar-refractivity contribution in [1.82, 2.24) is 5.32 Å². The number of halogens is 1. The molecule has 2 amide bonds. The Bertz CT molecular complexity index is 499. The third-order valence-corrected chi connectivity index (χ3v) is 3.13. The second-order valence-electron chi connectivity index (χ2n) is 4.55. The van der Waals surface area contributed by atoms with Gasteiger partial charge in [-0.05, 0) is 37.6 Å². The summed E-state index contributed by atoms with van der Waals surface area (Å²) in [6.07, 6.45) is 2.84. The molecule has 102 valence electrons. The highest BCUT2D eigenvalue weighted by molar-refractivity contribution is 5.98. The Kier molecular flexibility index (Phi) is 4.11. The van der Waals surface area contributed by atoms with Crippen LogP contribution in [-0.4, -0.2) is 24.4 Å². The first-order valence-electron chi connectivity index (χ1n) is 6.21. The van der Waals surface area contributed by atoms with Crippen LogP contribution in [0.1, 0.15) is 29.6 Å². The fraction of sp³-hybridized carbons (Fsp3) is 0.385. The Labute approximate surface area is 110 Å². The van der Waals surface area contributed by atoms with Gasteiger partial charge < -0.3 is 16.4 Å². The minimum absolute atomic E-state index is 0.179. The second kappa shape index (κ2) is 5.79. The molecule has 0 saturated carbocycles. The van der Waals surface area contributed by atoms with Crippen molar-refractivity contribution >= 4 is 17.5 Å². The summed E-state index contributed by atoms with van der Waals surface area (Å²) in [4.78, 5) is 23.0. The van der Waals surface area contributed by atoms with Gasteiger partial charge in [-0.2, -0.15) is 0 Å². The van der Waals surface area contributed by atoms with E-state index in [0.29, 0.717) is 5.69 Å². The van der Waals surface area contributed by atoms with Crippen LogP contribution < -0.4 is 16.4 Å². The fourth-order valence-electron chi connectivity index (χ4n) is 2.10. The Morgan fingerprint density at radius 2 is 2.16 bits per heavy atom. The smallest absolute Gasteiger partial charge is 0.251 e. The van der Waals surface area contributed by atoms with Gasteiger partial charge in [0.1, 0.15) is 5.82 Å². The Hall–Kier alpha value is -1.95. The van der Waals surface area contributed by atoms with E-state index in [-0.39, 0.29) is 17.5 Å². The molecule has 1 fully saturated rings. The van der Waals surface area contributed by atoms with Gasteiger partial charge in [0.15, 0.2) is 0 Å². The highest BCUT2D eigenvalue weighted by Crippen LogP contribution is 2.16. The number of anilines is 1. The number of hydrogen-bond acceptors (Lipinski definition) is 3. The average Bonchev–Trinajstić information content (AvgIpc) is 2.41. The number of primary amides is 1. The minimum atomic E-state index is -0.857. The summed E-state index contributed by atoms with van der Waals surface area (Å²) in [6, 6.07) is 3.53. The molecule has 0 unspecified atom stereocenters. The van der Waals surface area contributed by atoms with Crippen LogP contribution in [0.4, 0.5) is 10.1 Å². The van der Waals surface area contributed by atoms with Gasteiger partial charge in [0.2, 0.25) is 5.91 Å². The molecule has 1 aliphatic heterocycles. The van der Waals surface area contributed by atoms with E-state index in [1.54, 1.807) is 0 Å². The predicted molar refractivity (Wildman–Crippen MR) is 69.2 cm³/mol. The van der Waals surface area contributed by atoms with Gasteiger partial charge in [-0.15, -0.1) is 0 Å². The topological polar surface area (TPSA) is 84.2 Å². The molecule has 1 aromatic rings. The molecule has 0 radical (unpaired) electrons. The van der Waals surface area contributed by atoms with Crippen molar-refractivity contribution in [3.63, 3.8) is 0 Å². The van der Waals surface area contributed by atoms with Crippen LogP contribution in [-0.2, 0) is 4.79 Å². The van der Waals surface area contributed by atoms with Gasteiger partial charge in [0, 0.05) is 5.69 Å². The lowest BCUT2D eigenvalue weighted by molar-refractivity contribution is -0.118. The van der Waals surface area contributed by atoms with Crippen molar-refractivity contribution in [2.45, 2.75) is 25.3 Å². The lowest BCUT2D eigenvalue weighted by Gasteiger charge is -2.22. The number of benzene rings is 1. The number of carbonyl (C=O) groups excluding carboxylic acids is 2. The highest BCUT2D eigenvalue weighted by atomic mass is 19.1. The highest BCUT2D eigenvalue weighted by Gasteiger charge is 2.20. The van der Waals surface area contributed by atoms with Crippen LogP contribution in [0.2, 0.25) is 0 Å². The van der Waals surface area contributed by atoms with Crippen LogP contribution in [0.15, 0.2) is 18.2 Å². The number of carbonyl (C=O) groups is 2. The molecule has 5 nitrogen and oxygen atoms in total. The van der Waals surface area contributed by atoms with Crippen molar-refractivity contribution < 1.29 is 14.0 Å². The molecular weight excluding hydrogens is 249 g/mol. The van der Waals surface area contributed by atoms with E-state index in [2.05, 4.69) is 10.6 Å². The fourth-order valence-corrected chi connectivity index (χ4v) is 2.10. The van der Waals surface area contributed by atoms with Crippen molar-refractivity contribution in [3.05, 3.63) is 29.6 Å². The number of amides is 2. The zero-order valence-electron chi connectivity index (χ0n) is 10.4. The third kappa shape index (κ3) is 3.29. The van der Waals surface area contributed by atoms with Gasteiger partial charge in [0.25, 0.3) is 5.91 Å². The monoisotopic (exact) mass is 265 g/mol. The van der Waals surface area contributed by atoms with Crippen molar-refractivity contribution in [1.29, 1.82) is 0 Å². The largest absolute Gasteiger partial charge is 0.366 e. The number of nitrogens with one attached hydrogen (secondary N) is 2. The maximum Gasteiger partial charge on any atom is 0.251 e. The first-order valence-corrected chi connectivity index (χ1v) is 6.21. The van der Waals surface area contributed by atoms with E-state index in [1.807, 2.05) is 0 Å². The maximum atomic E-state index is 13.3. The van der Waals surface area contributed by atoms with Gasteiger partial charge in [-0.25, -0.2) is 4.39 Å². The molecule has 6 heteroatoms. The molecule has 1 heterocycles. The summed E-state index contributed by atoms with van der Waals surface area (Å²) >= 11 is 0. The first kappa shape index (κ1) is 13.5. The van der Waals surface area contributed by atoms with Gasteiger partial charge in [-0.3, -0.25) is 9.59 Å². The molecule has 0 aromatic heterocycles. The number of hydrogen-bond donors (Lipinski definition) is 3. The Balaban J connectivity index is 2.08. The summed E-state index contributed by atoms with van der Waals surface area (Å²) in [7, 11) is 0. The molecule has 1 atom stereocenters. The third-order valence-electron chi connectivity index (χ3n) is 3.13. The SMILES string of the molecule is NC(=O)c1cc(NC(=O)[C@@H]2CCCCN2)ccc1F. The number of piperidine rings is 1. The molecule has 1 saturated heterocycles. The summed E-state index contributed by atoms with van der Waals surface area (Å²) in [5.41, 5.74) is 5.19. The zero-order chi connectivity index (χ0) is 13.8. The van der Waals surface area contributed by atoms with Crippen LogP contribution in [0, 0.1) is 5.82 Å². The van der Waals surface area contributed by atoms with Crippen LogP contribution in [0.5, 0.6) is 0 Å². The van der Waals surface area contributed by atoms with Gasteiger partial charge in [0.05, 0.1) is 11.6 Å². The van der Waals surface area contributed by atoms with Crippen molar-refractivity contribution in [3.8, 4) is 0 Å². The second-order valence-corrected chi connectivity index (χ2v) is 4.55. The Morgan fingerprint density at radius 3 is 2.79 bits per heavy atom. The average molecular weight is 265 g/mol. The minimum Gasteiger partial charge on any atom is -0.366 e. The molecule has 1 aromatic carbocycles. The summed E-state index contributed by atoms with van der Waals surface area (Å²) in [6.45, 7) is 0.814. The van der Waals surface area contributed by atoms with E-state index in [9.17, 15) is 14.0 Å². The Morgan fingerprint density at radius 1 is 1.37 bits per heavy atom. The summed E-state index contributed by atoms with van der Waals surface area (Å²) in [5.74, 6) is -1.73. The predicted octanol–water partition coefficient (Wildman–Crippen LogP) is 1.01.